The molecule has 2 unspecified atom stereocenters. The molecule has 0 aromatic rings. The van der Waals surface area contributed by atoms with Crippen molar-refractivity contribution in [3.8, 4) is 0 Å². The van der Waals surface area contributed by atoms with Gasteiger partial charge in [0.25, 0.3) is 0 Å². The van der Waals surface area contributed by atoms with Gasteiger partial charge in [-0.25, -0.2) is 0 Å². The van der Waals surface area contributed by atoms with Gasteiger partial charge in [0.2, 0.25) is 0 Å². The maximum atomic E-state index is 9.79. The highest BCUT2D eigenvalue weighted by molar-refractivity contribution is 4.60. The topological polar surface area (TPSA) is 50.7 Å². The Kier molecular flexibility index (Phi) is 13.7. The van der Waals surface area contributed by atoms with Crippen LogP contribution in [0.3, 0.4) is 0 Å². The summed E-state index contributed by atoms with van der Waals surface area (Å²) in [6.45, 7) is 11.7. The zero-order valence-electron chi connectivity index (χ0n) is 13.9. The van der Waals surface area contributed by atoms with Crippen LogP contribution in [0.5, 0.6) is 0 Å². The van der Waals surface area contributed by atoms with Crippen molar-refractivity contribution >= 4 is 0 Å². The van der Waals surface area contributed by atoms with Crippen molar-refractivity contribution in [2.45, 2.75) is 65.6 Å². The molecule has 0 saturated carbocycles. The summed E-state index contributed by atoms with van der Waals surface area (Å²) in [6, 6.07) is 0. The molecule has 0 radical (unpaired) electrons. The first-order chi connectivity index (χ1) is 9.60. The lowest BCUT2D eigenvalue weighted by Crippen LogP contribution is -2.33. The average molecular weight is 289 g/mol. The molecule has 0 aliphatic rings. The second-order valence-electron chi connectivity index (χ2n) is 5.73. The number of ether oxygens (including phenoxy) is 2. The Balaban J connectivity index is 3.44. The van der Waals surface area contributed by atoms with Gasteiger partial charge in [-0.05, 0) is 26.2 Å². The molecule has 0 fully saturated rings. The van der Waals surface area contributed by atoms with E-state index >= 15 is 0 Å². The number of nitrogens with one attached hydrogen (secondary N) is 1. The Hall–Kier alpha value is -0.160. The van der Waals surface area contributed by atoms with Gasteiger partial charge in [-0.1, -0.05) is 33.1 Å². The molecule has 0 spiro atoms. The van der Waals surface area contributed by atoms with Crippen molar-refractivity contribution in [3.63, 3.8) is 0 Å². The Morgan fingerprint density at radius 1 is 1.15 bits per heavy atom. The minimum absolute atomic E-state index is 0.263. The molecule has 122 valence electrons. The molecule has 0 amide bonds. The molecule has 0 aliphatic carbocycles. The van der Waals surface area contributed by atoms with Crippen molar-refractivity contribution in [1.82, 2.24) is 5.32 Å². The highest BCUT2D eigenvalue weighted by Gasteiger charge is 2.08. The van der Waals surface area contributed by atoms with Gasteiger partial charge < -0.3 is 19.9 Å². The van der Waals surface area contributed by atoms with Gasteiger partial charge in [-0.3, -0.25) is 0 Å². The van der Waals surface area contributed by atoms with E-state index in [0.717, 1.165) is 19.6 Å². The smallest absolute Gasteiger partial charge is 0.0897 e. The highest BCUT2D eigenvalue weighted by Crippen LogP contribution is 2.12. The molecular weight excluding hydrogens is 254 g/mol. The van der Waals surface area contributed by atoms with E-state index in [-0.39, 0.29) is 6.10 Å². The molecule has 0 heterocycles. The van der Waals surface area contributed by atoms with Crippen LogP contribution >= 0.6 is 0 Å². The highest BCUT2D eigenvalue weighted by atomic mass is 16.5. The molecule has 2 N–H and O–H groups in total. The average Bonchev–Trinajstić information content (AvgIpc) is 2.41. The van der Waals surface area contributed by atoms with Gasteiger partial charge in [-0.2, -0.15) is 0 Å². The van der Waals surface area contributed by atoms with Crippen molar-refractivity contribution in [1.29, 1.82) is 0 Å². The Bertz CT molecular complexity index is 200. The van der Waals surface area contributed by atoms with Gasteiger partial charge in [0.15, 0.2) is 0 Å². The van der Waals surface area contributed by atoms with E-state index in [0.29, 0.717) is 25.7 Å². The summed E-state index contributed by atoms with van der Waals surface area (Å²) in [7, 11) is 0. The fourth-order valence-corrected chi connectivity index (χ4v) is 1.96. The van der Waals surface area contributed by atoms with Crippen molar-refractivity contribution in [2.75, 3.05) is 32.9 Å². The molecule has 20 heavy (non-hydrogen) atoms. The third-order valence-corrected chi connectivity index (χ3v) is 3.32. The number of unbranched alkanes of at least 4 members (excludes halogenated alkanes) is 1. The summed E-state index contributed by atoms with van der Waals surface area (Å²) in [4.78, 5) is 0. The van der Waals surface area contributed by atoms with Gasteiger partial charge in [-0.15, -0.1) is 0 Å². The number of rotatable bonds is 14. The van der Waals surface area contributed by atoms with Crippen LogP contribution in [-0.4, -0.2) is 50.2 Å². The predicted molar refractivity (Wildman–Crippen MR) is 84.1 cm³/mol. The van der Waals surface area contributed by atoms with E-state index in [2.05, 4.69) is 19.2 Å². The largest absolute Gasteiger partial charge is 0.389 e. The minimum atomic E-state index is -0.433. The van der Waals surface area contributed by atoms with E-state index in [1.807, 2.05) is 13.8 Å². The monoisotopic (exact) mass is 289 g/mol. The van der Waals surface area contributed by atoms with Crippen LogP contribution in [0.4, 0.5) is 0 Å². The standard InChI is InChI=1S/C16H35NO3/c1-5-7-8-15(6-2)12-19-13-16(18)11-17-9-10-20-14(3)4/h14-18H,5-13H2,1-4H3. The second-order valence-corrected chi connectivity index (χ2v) is 5.73. The number of aliphatic hydroxyl groups excluding tert-OH is 1. The molecule has 0 aliphatic heterocycles. The SMILES string of the molecule is CCCCC(CC)COCC(O)CNCCOC(C)C. The lowest BCUT2D eigenvalue weighted by molar-refractivity contribution is 0.0177. The molecular formula is C16H35NO3. The van der Waals surface area contributed by atoms with E-state index in [4.69, 9.17) is 9.47 Å². The number of hydrogen-bond donors (Lipinski definition) is 2. The fraction of sp³-hybridized carbons (Fsp3) is 1.00. The van der Waals surface area contributed by atoms with E-state index in [1.54, 1.807) is 0 Å². The molecule has 4 nitrogen and oxygen atoms in total. The maximum absolute atomic E-state index is 9.79. The Morgan fingerprint density at radius 2 is 1.90 bits per heavy atom. The second kappa shape index (κ2) is 13.8. The number of aliphatic hydroxyl groups is 1. The Labute approximate surface area is 125 Å². The quantitative estimate of drug-likeness (QED) is 0.483. The summed E-state index contributed by atoms with van der Waals surface area (Å²) in [5.74, 6) is 0.634. The summed E-state index contributed by atoms with van der Waals surface area (Å²) in [5, 5.41) is 13.0. The Morgan fingerprint density at radius 3 is 2.50 bits per heavy atom. The molecule has 0 aromatic carbocycles. The van der Waals surface area contributed by atoms with Crippen LogP contribution < -0.4 is 5.32 Å². The lowest BCUT2D eigenvalue weighted by atomic mass is 10.0. The summed E-state index contributed by atoms with van der Waals surface area (Å²) in [6.07, 6.45) is 4.72. The van der Waals surface area contributed by atoms with Crippen molar-refractivity contribution < 1.29 is 14.6 Å². The first-order valence-corrected chi connectivity index (χ1v) is 8.18. The zero-order valence-corrected chi connectivity index (χ0v) is 13.9. The normalized spacial score (nSPS) is 14.7. The van der Waals surface area contributed by atoms with Gasteiger partial charge in [0.05, 0.1) is 25.4 Å². The summed E-state index contributed by atoms with van der Waals surface area (Å²) < 4.78 is 11.0. The van der Waals surface area contributed by atoms with Crippen molar-refractivity contribution in [3.05, 3.63) is 0 Å². The van der Waals surface area contributed by atoms with Crippen LogP contribution in [0.25, 0.3) is 0 Å². The molecule has 0 aromatic heterocycles. The minimum Gasteiger partial charge on any atom is -0.389 e. The first kappa shape index (κ1) is 19.8. The molecule has 4 heteroatoms. The third kappa shape index (κ3) is 12.9. The van der Waals surface area contributed by atoms with Crippen LogP contribution in [-0.2, 0) is 9.47 Å². The molecule has 0 rings (SSSR count). The fourth-order valence-electron chi connectivity index (χ4n) is 1.96. The van der Waals surface area contributed by atoms with Crippen molar-refractivity contribution in [2.24, 2.45) is 5.92 Å². The van der Waals surface area contributed by atoms with Crippen LogP contribution in [0.15, 0.2) is 0 Å². The maximum Gasteiger partial charge on any atom is 0.0897 e. The van der Waals surface area contributed by atoms with Gasteiger partial charge in [0, 0.05) is 19.7 Å². The molecule has 0 bridgehead atoms. The van der Waals surface area contributed by atoms with E-state index < -0.39 is 6.10 Å². The third-order valence-electron chi connectivity index (χ3n) is 3.32. The number of hydrogen-bond acceptors (Lipinski definition) is 4. The predicted octanol–water partition coefficient (Wildman–Crippen LogP) is 2.59. The lowest BCUT2D eigenvalue weighted by Gasteiger charge is -2.17. The summed E-state index contributed by atoms with van der Waals surface area (Å²) in [5.41, 5.74) is 0. The zero-order chi connectivity index (χ0) is 15.2. The van der Waals surface area contributed by atoms with E-state index in [1.165, 1.54) is 19.3 Å². The van der Waals surface area contributed by atoms with Gasteiger partial charge in [0.1, 0.15) is 0 Å². The first-order valence-electron chi connectivity index (χ1n) is 8.18. The summed E-state index contributed by atoms with van der Waals surface area (Å²) >= 11 is 0. The van der Waals surface area contributed by atoms with Crippen LogP contribution in [0.1, 0.15) is 53.4 Å². The van der Waals surface area contributed by atoms with Crippen LogP contribution in [0.2, 0.25) is 0 Å². The molecule has 0 saturated heterocycles. The molecule has 2 atom stereocenters. The van der Waals surface area contributed by atoms with Gasteiger partial charge >= 0.3 is 0 Å². The van der Waals surface area contributed by atoms with Crippen LogP contribution in [0, 0.1) is 5.92 Å². The van der Waals surface area contributed by atoms with E-state index in [9.17, 15) is 5.11 Å².